The summed E-state index contributed by atoms with van der Waals surface area (Å²) < 4.78 is 14.0. The van der Waals surface area contributed by atoms with Crippen LogP contribution >= 0.6 is 0 Å². The average Bonchev–Trinajstić information content (AvgIpc) is 2.39. The van der Waals surface area contributed by atoms with Crippen molar-refractivity contribution in [2.24, 2.45) is 0 Å². The lowest BCUT2D eigenvalue weighted by molar-refractivity contribution is 0.0696. The predicted molar refractivity (Wildman–Crippen MR) is 63.7 cm³/mol. The van der Waals surface area contributed by atoms with Crippen molar-refractivity contribution in [3.63, 3.8) is 0 Å². The van der Waals surface area contributed by atoms with Crippen molar-refractivity contribution >= 4 is 5.97 Å². The summed E-state index contributed by atoms with van der Waals surface area (Å²) in [6.07, 6.45) is 1.10. The van der Waals surface area contributed by atoms with E-state index in [0.717, 1.165) is 35.0 Å². The van der Waals surface area contributed by atoms with E-state index in [9.17, 15) is 14.0 Å². The maximum Gasteiger partial charge on any atom is 0.337 e. The first-order valence-electron chi connectivity index (χ1n) is 5.19. The van der Waals surface area contributed by atoms with Crippen molar-refractivity contribution < 1.29 is 14.3 Å². The van der Waals surface area contributed by atoms with Gasteiger partial charge in [0.15, 0.2) is 0 Å². The number of hydrogen-bond acceptors (Lipinski definition) is 3. The molecule has 19 heavy (non-hydrogen) atoms. The molecule has 0 spiro atoms. The SMILES string of the molecule is N#Cc1cc(F)ccc1-n1cc(C(=O)O)ccc1=O. The molecule has 2 rings (SSSR count). The normalized spacial score (nSPS) is 9.89. The Morgan fingerprint density at radius 2 is 2.05 bits per heavy atom. The Morgan fingerprint density at radius 3 is 2.68 bits per heavy atom. The van der Waals surface area contributed by atoms with Crippen molar-refractivity contribution in [3.8, 4) is 11.8 Å². The fraction of sp³-hybridized carbons (Fsp3) is 0. The lowest BCUT2D eigenvalue weighted by Gasteiger charge is -2.08. The number of carboxylic acids is 1. The first kappa shape index (κ1) is 12.5. The Balaban J connectivity index is 2.72. The Kier molecular flexibility index (Phi) is 3.12. The van der Waals surface area contributed by atoms with Gasteiger partial charge in [-0.15, -0.1) is 0 Å². The van der Waals surface area contributed by atoms with E-state index < -0.39 is 17.3 Å². The number of rotatable bonds is 2. The van der Waals surface area contributed by atoms with Gasteiger partial charge in [-0.2, -0.15) is 5.26 Å². The molecular formula is C13H7FN2O3. The summed E-state index contributed by atoms with van der Waals surface area (Å²) in [4.78, 5) is 22.6. The zero-order valence-electron chi connectivity index (χ0n) is 9.50. The zero-order chi connectivity index (χ0) is 14.0. The molecule has 94 valence electrons. The molecule has 0 fully saturated rings. The largest absolute Gasteiger partial charge is 0.478 e. The lowest BCUT2D eigenvalue weighted by Crippen LogP contribution is -2.19. The van der Waals surface area contributed by atoms with Crippen LogP contribution in [0.3, 0.4) is 0 Å². The van der Waals surface area contributed by atoms with Gasteiger partial charge in [-0.3, -0.25) is 9.36 Å². The number of pyridine rings is 1. The monoisotopic (exact) mass is 258 g/mol. The van der Waals surface area contributed by atoms with E-state index >= 15 is 0 Å². The molecule has 0 atom stereocenters. The fourth-order valence-electron chi connectivity index (χ4n) is 1.61. The molecule has 0 radical (unpaired) electrons. The molecule has 1 aromatic heterocycles. The molecule has 0 bridgehead atoms. The summed E-state index contributed by atoms with van der Waals surface area (Å²) in [5.74, 6) is -1.81. The topological polar surface area (TPSA) is 83.1 Å². The zero-order valence-corrected chi connectivity index (χ0v) is 9.50. The van der Waals surface area contributed by atoms with E-state index in [1.54, 1.807) is 6.07 Å². The van der Waals surface area contributed by atoms with E-state index in [2.05, 4.69) is 0 Å². The fourth-order valence-corrected chi connectivity index (χ4v) is 1.61. The number of aromatic nitrogens is 1. The number of carboxylic acid groups (broad SMARTS) is 1. The van der Waals surface area contributed by atoms with Crippen LogP contribution in [0.1, 0.15) is 15.9 Å². The summed E-state index contributed by atoms with van der Waals surface area (Å²) in [6, 6.07) is 7.33. The van der Waals surface area contributed by atoms with E-state index in [4.69, 9.17) is 10.4 Å². The molecule has 6 heteroatoms. The number of nitriles is 1. The van der Waals surface area contributed by atoms with Crippen molar-refractivity contribution in [1.82, 2.24) is 4.57 Å². The van der Waals surface area contributed by atoms with Crippen molar-refractivity contribution in [2.45, 2.75) is 0 Å². The van der Waals surface area contributed by atoms with Gasteiger partial charge in [-0.1, -0.05) is 0 Å². The van der Waals surface area contributed by atoms with E-state index in [0.29, 0.717) is 0 Å². The first-order valence-corrected chi connectivity index (χ1v) is 5.19. The highest BCUT2D eigenvalue weighted by Crippen LogP contribution is 2.14. The number of benzene rings is 1. The second-order valence-electron chi connectivity index (χ2n) is 3.70. The minimum Gasteiger partial charge on any atom is -0.478 e. The number of hydrogen-bond donors (Lipinski definition) is 1. The van der Waals surface area contributed by atoms with Crippen LogP contribution in [-0.4, -0.2) is 15.6 Å². The summed E-state index contributed by atoms with van der Waals surface area (Å²) in [7, 11) is 0. The van der Waals surface area contributed by atoms with Crippen LogP contribution in [-0.2, 0) is 0 Å². The summed E-state index contributed by atoms with van der Waals surface area (Å²) in [5.41, 5.74) is -0.525. The minimum absolute atomic E-state index is 0.0513. The third kappa shape index (κ3) is 2.35. The molecule has 1 heterocycles. The van der Waals surface area contributed by atoms with Gasteiger partial charge in [0.1, 0.15) is 11.9 Å². The van der Waals surface area contributed by atoms with Gasteiger partial charge in [0.25, 0.3) is 5.56 Å². The number of halogens is 1. The molecule has 1 N–H and O–H groups in total. The minimum atomic E-state index is -1.20. The molecular weight excluding hydrogens is 251 g/mol. The summed E-state index contributed by atoms with van der Waals surface area (Å²) in [5, 5.41) is 17.8. The molecule has 0 unspecified atom stereocenters. The third-order valence-electron chi connectivity index (χ3n) is 2.50. The van der Waals surface area contributed by atoms with Crippen LogP contribution in [0.2, 0.25) is 0 Å². The Morgan fingerprint density at radius 1 is 1.32 bits per heavy atom. The summed E-state index contributed by atoms with van der Waals surface area (Å²) >= 11 is 0. The van der Waals surface area contributed by atoms with E-state index in [1.807, 2.05) is 0 Å². The van der Waals surface area contributed by atoms with Crippen LogP contribution in [0.4, 0.5) is 4.39 Å². The second-order valence-corrected chi connectivity index (χ2v) is 3.70. The van der Waals surface area contributed by atoms with Crippen LogP contribution in [0, 0.1) is 17.1 Å². The molecule has 0 aliphatic carbocycles. The van der Waals surface area contributed by atoms with Gasteiger partial charge in [0.05, 0.1) is 16.8 Å². The molecule has 0 aliphatic heterocycles. The van der Waals surface area contributed by atoms with Crippen LogP contribution in [0.5, 0.6) is 0 Å². The smallest absolute Gasteiger partial charge is 0.337 e. The highest BCUT2D eigenvalue weighted by molar-refractivity contribution is 5.87. The standard InChI is InChI=1S/C13H7FN2O3/c14-10-2-3-11(9(5-10)6-15)16-7-8(13(18)19)1-4-12(16)17/h1-5,7H,(H,18,19). The second kappa shape index (κ2) is 4.74. The number of nitrogens with zero attached hydrogens (tertiary/aromatic N) is 2. The molecule has 0 saturated heterocycles. The quantitative estimate of drug-likeness (QED) is 0.885. The van der Waals surface area contributed by atoms with Crippen LogP contribution < -0.4 is 5.56 Å². The molecule has 0 amide bonds. The maximum atomic E-state index is 13.0. The van der Waals surface area contributed by atoms with Crippen LogP contribution in [0.15, 0.2) is 41.3 Å². The Labute approximate surface area is 106 Å². The molecule has 2 aromatic rings. The number of aromatic carboxylic acids is 1. The van der Waals surface area contributed by atoms with Crippen molar-refractivity contribution in [1.29, 1.82) is 5.26 Å². The van der Waals surface area contributed by atoms with Crippen molar-refractivity contribution in [2.75, 3.05) is 0 Å². The van der Waals surface area contributed by atoms with Crippen LogP contribution in [0.25, 0.3) is 5.69 Å². The number of carbonyl (C=O) groups is 1. The molecule has 0 saturated carbocycles. The third-order valence-corrected chi connectivity index (χ3v) is 2.50. The summed E-state index contributed by atoms with van der Waals surface area (Å²) in [6.45, 7) is 0. The van der Waals surface area contributed by atoms with Gasteiger partial charge in [-0.05, 0) is 24.3 Å². The van der Waals surface area contributed by atoms with Gasteiger partial charge < -0.3 is 5.11 Å². The first-order chi connectivity index (χ1) is 9.02. The van der Waals surface area contributed by atoms with Gasteiger partial charge in [-0.25, -0.2) is 9.18 Å². The average molecular weight is 258 g/mol. The Hall–Kier alpha value is -2.94. The predicted octanol–water partition coefficient (Wildman–Crippen LogP) is 1.55. The van der Waals surface area contributed by atoms with Crippen molar-refractivity contribution in [3.05, 3.63) is 63.8 Å². The van der Waals surface area contributed by atoms with Gasteiger partial charge in [0.2, 0.25) is 0 Å². The molecule has 0 aliphatic rings. The Bertz CT molecular complexity index is 759. The lowest BCUT2D eigenvalue weighted by atomic mass is 10.1. The van der Waals surface area contributed by atoms with E-state index in [1.165, 1.54) is 6.07 Å². The molecule has 1 aromatic carbocycles. The maximum absolute atomic E-state index is 13.0. The van der Waals surface area contributed by atoms with Gasteiger partial charge in [0, 0.05) is 12.3 Å². The molecule has 5 nitrogen and oxygen atoms in total. The highest BCUT2D eigenvalue weighted by atomic mass is 19.1. The van der Waals surface area contributed by atoms with Gasteiger partial charge >= 0.3 is 5.97 Å². The highest BCUT2D eigenvalue weighted by Gasteiger charge is 2.10. The van der Waals surface area contributed by atoms with E-state index in [-0.39, 0.29) is 16.8 Å².